The van der Waals surface area contributed by atoms with Crippen LogP contribution in [-0.2, 0) is 27.3 Å². The highest BCUT2D eigenvalue weighted by Gasteiger charge is 2.12. The lowest BCUT2D eigenvalue weighted by atomic mass is 10.2. The third-order valence-electron chi connectivity index (χ3n) is 3.89. The van der Waals surface area contributed by atoms with E-state index in [1.165, 1.54) is 21.9 Å². The van der Waals surface area contributed by atoms with Gasteiger partial charge < -0.3 is 14.8 Å². The molecule has 158 valence electrons. The molecular formula is C19H19ClN4O5S. The Kier molecular flexibility index (Phi) is 7.50. The number of aromatic nitrogens is 3. The Morgan fingerprint density at radius 2 is 2.03 bits per heavy atom. The Hall–Kier alpha value is -2.82. The number of halogens is 1. The number of amides is 1. The van der Waals surface area contributed by atoms with Gasteiger partial charge in [0.15, 0.2) is 0 Å². The molecule has 0 spiro atoms. The maximum Gasteiger partial charge on any atom is 0.325 e. The Bertz CT molecular complexity index is 1100. The minimum Gasteiger partial charge on any atom is -0.458 e. The topological polar surface area (TPSA) is 112 Å². The Morgan fingerprint density at radius 1 is 1.27 bits per heavy atom. The van der Waals surface area contributed by atoms with E-state index >= 15 is 0 Å². The Labute approximate surface area is 180 Å². The van der Waals surface area contributed by atoms with E-state index in [2.05, 4.69) is 15.4 Å². The van der Waals surface area contributed by atoms with Crippen LogP contribution in [0.3, 0.4) is 0 Å². The summed E-state index contributed by atoms with van der Waals surface area (Å²) in [6.07, 6.45) is 0.582. The second-order valence-electron chi connectivity index (χ2n) is 6.07. The lowest BCUT2D eigenvalue weighted by molar-refractivity contribution is -0.143. The third-order valence-corrected chi connectivity index (χ3v) is 5.11. The largest absolute Gasteiger partial charge is 0.458 e. The molecule has 2 aromatic heterocycles. The van der Waals surface area contributed by atoms with Gasteiger partial charge in [-0.2, -0.15) is 9.61 Å². The molecule has 0 saturated carbocycles. The van der Waals surface area contributed by atoms with Crippen molar-refractivity contribution < 1.29 is 19.1 Å². The molecule has 0 unspecified atom stereocenters. The highest BCUT2D eigenvalue weighted by molar-refractivity contribution is 7.16. The SMILES string of the molecule is CCOCCc1nn2c(=O)cc(COC(=O)CNC(=O)c3ccc(Cl)cc3)nc2s1. The second kappa shape index (κ2) is 10.3. The summed E-state index contributed by atoms with van der Waals surface area (Å²) in [5.74, 6) is -1.08. The van der Waals surface area contributed by atoms with Crippen LogP contribution in [-0.4, -0.2) is 46.2 Å². The predicted molar refractivity (Wildman–Crippen MR) is 111 cm³/mol. The molecule has 3 rings (SSSR count). The van der Waals surface area contributed by atoms with Crippen molar-refractivity contribution in [3.63, 3.8) is 0 Å². The first kappa shape index (κ1) is 21.9. The molecule has 0 aliphatic heterocycles. The molecule has 0 aliphatic carbocycles. The first-order chi connectivity index (χ1) is 14.5. The molecule has 2 heterocycles. The van der Waals surface area contributed by atoms with E-state index < -0.39 is 11.9 Å². The number of fused-ring (bicyclic) bond motifs is 1. The van der Waals surface area contributed by atoms with E-state index in [4.69, 9.17) is 21.1 Å². The van der Waals surface area contributed by atoms with Gasteiger partial charge >= 0.3 is 5.97 Å². The van der Waals surface area contributed by atoms with Gasteiger partial charge in [-0.05, 0) is 31.2 Å². The maximum absolute atomic E-state index is 12.2. The summed E-state index contributed by atoms with van der Waals surface area (Å²) in [5.41, 5.74) is 0.316. The van der Waals surface area contributed by atoms with Crippen LogP contribution in [0.2, 0.25) is 5.02 Å². The number of ether oxygens (including phenoxy) is 2. The summed E-state index contributed by atoms with van der Waals surface area (Å²) in [6.45, 7) is 2.52. The van der Waals surface area contributed by atoms with Crippen LogP contribution in [0.5, 0.6) is 0 Å². The van der Waals surface area contributed by atoms with Gasteiger partial charge in [0, 0.05) is 29.7 Å². The number of benzene rings is 1. The highest BCUT2D eigenvalue weighted by Crippen LogP contribution is 2.13. The van der Waals surface area contributed by atoms with E-state index in [0.29, 0.717) is 40.9 Å². The maximum atomic E-state index is 12.2. The van der Waals surface area contributed by atoms with Crippen LogP contribution < -0.4 is 10.9 Å². The summed E-state index contributed by atoms with van der Waals surface area (Å²) in [4.78, 5) is 40.8. The summed E-state index contributed by atoms with van der Waals surface area (Å²) in [6, 6.07) is 7.52. The summed E-state index contributed by atoms with van der Waals surface area (Å²) in [7, 11) is 0. The van der Waals surface area contributed by atoms with Crippen LogP contribution in [0.4, 0.5) is 0 Å². The quantitative estimate of drug-likeness (QED) is 0.391. The van der Waals surface area contributed by atoms with Gasteiger partial charge in [-0.25, -0.2) is 4.98 Å². The summed E-state index contributed by atoms with van der Waals surface area (Å²) in [5, 5.41) is 7.92. The lowest BCUT2D eigenvalue weighted by Crippen LogP contribution is -2.30. The van der Waals surface area contributed by atoms with Crippen molar-refractivity contribution in [2.75, 3.05) is 19.8 Å². The number of nitrogens with one attached hydrogen (secondary N) is 1. The van der Waals surface area contributed by atoms with E-state index in [0.717, 1.165) is 5.01 Å². The van der Waals surface area contributed by atoms with Gasteiger partial charge in [0.25, 0.3) is 11.5 Å². The Morgan fingerprint density at radius 3 is 2.77 bits per heavy atom. The van der Waals surface area contributed by atoms with Gasteiger partial charge in [0.1, 0.15) is 18.2 Å². The minimum atomic E-state index is -0.652. The molecule has 0 radical (unpaired) electrons. The molecule has 0 aliphatic rings. The smallest absolute Gasteiger partial charge is 0.325 e. The molecule has 30 heavy (non-hydrogen) atoms. The number of hydrogen-bond donors (Lipinski definition) is 1. The molecule has 0 atom stereocenters. The van der Waals surface area contributed by atoms with Gasteiger partial charge in [-0.15, -0.1) is 0 Å². The lowest BCUT2D eigenvalue weighted by Gasteiger charge is -2.06. The number of rotatable bonds is 9. The second-order valence-corrected chi connectivity index (χ2v) is 7.55. The van der Waals surface area contributed by atoms with Crippen LogP contribution in [0, 0.1) is 0 Å². The number of esters is 1. The molecule has 9 nitrogen and oxygen atoms in total. The first-order valence-electron chi connectivity index (χ1n) is 9.12. The molecule has 0 saturated heterocycles. The van der Waals surface area contributed by atoms with Crippen LogP contribution in [0.1, 0.15) is 28.0 Å². The molecular weight excluding hydrogens is 432 g/mol. The van der Waals surface area contributed by atoms with Crippen molar-refractivity contribution in [3.05, 3.63) is 62.0 Å². The zero-order valence-corrected chi connectivity index (χ0v) is 17.7. The zero-order valence-electron chi connectivity index (χ0n) is 16.1. The standard InChI is InChI=1S/C19H19ClN4O5S/c1-2-28-8-7-15-23-24-16(25)9-14(22-19(24)30-15)11-29-17(26)10-21-18(27)12-3-5-13(20)6-4-12/h3-6,9H,2,7-8,10-11H2,1H3,(H,21,27). The highest BCUT2D eigenvalue weighted by atomic mass is 35.5. The molecule has 11 heteroatoms. The molecule has 3 aromatic rings. The third kappa shape index (κ3) is 5.85. The predicted octanol–water partition coefficient (Wildman–Crippen LogP) is 1.86. The normalized spacial score (nSPS) is 10.9. The van der Waals surface area contributed by atoms with E-state index in [1.54, 1.807) is 24.3 Å². The van der Waals surface area contributed by atoms with Gasteiger partial charge in [-0.1, -0.05) is 22.9 Å². The average Bonchev–Trinajstić information content (AvgIpc) is 3.14. The number of hydrogen-bond acceptors (Lipinski definition) is 8. The number of carbonyl (C=O) groups excluding carboxylic acids is 2. The van der Waals surface area contributed by atoms with E-state index in [1.807, 2.05) is 6.92 Å². The molecule has 0 fully saturated rings. The van der Waals surface area contributed by atoms with Gasteiger partial charge in [0.05, 0.1) is 12.3 Å². The first-order valence-corrected chi connectivity index (χ1v) is 10.3. The van der Waals surface area contributed by atoms with Crippen molar-refractivity contribution in [3.8, 4) is 0 Å². The van der Waals surface area contributed by atoms with Crippen LogP contribution in [0.25, 0.3) is 4.96 Å². The van der Waals surface area contributed by atoms with Crippen molar-refractivity contribution in [1.82, 2.24) is 19.9 Å². The number of carbonyl (C=O) groups is 2. The summed E-state index contributed by atoms with van der Waals surface area (Å²) >= 11 is 7.05. The van der Waals surface area contributed by atoms with Crippen LogP contribution >= 0.6 is 22.9 Å². The zero-order chi connectivity index (χ0) is 21.5. The fraction of sp³-hybridized carbons (Fsp3) is 0.316. The molecule has 1 N–H and O–H groups in total. The van der Waals surface area contributed by atoms with Crippen molar-refractivity contribution in [1.29, 1.82) is 0 Å². The molecule has 1 aromatic carbocycles. The van der Waals surface area contributed by atoms with Crippen LogP contribution in [0.15, 0.2) is 35.1 Å². The fourth-order valence-corrected chi connectivity index (χ4v) is 3.46. The van der Waals surface area contributed by atoms with Gasteiger partial charge in [0.2, 0.25) is 4.96 Å². The molecule has 1 amide bonds. The Balaban J connectivity index is 1.54. The van der Waals surface area contributed by atoms with Crippen molar-refractivity contribution in [2.45, 2.75) is 20.0 Å². The number of nitrogens with zero attached hydrogens (tertiary/aromatic N) is 3. The van der Waals surface area contributed by atoms with Gasteiger partial charge in [-0.3, -0.25) is 14.4 Å². The van der Waals surface area contributed by atoms with E-state index in [-0.39, 0.29) is 18.7 Å². The molecule has 0 bridgehead atoms. The van der Waals surface area contributed by atoms with E-state index in [9.17, 15) is 14.4 Å². The fourth-order valence-electron chi connectivity index (χ4n) is 2.44. The summed E-state index contributed by atoms with van der Waals surface area (Å²) < 4.78 is 11.6. The van der Waals surface area contributed by atoms with Crippen molar-refractivity contribution >= 4 is 39.8 Å². The average molecular weight is 451 g/mol. The monoisotopic (exact) mass is 450 g/mol. The minimum absolute atomic E-state index is 0.187. The van der Waals surface area contributed by atoms with Crippen molar-refractivity contribution in [2.24, 2.45) is 0 Å².